The third kappa shape index (κ3) is 1.73. The van der Waals surface area contributed by atoms with Gasteiger partial charge in [0.15, 0.2) is 0 Å². The molecule has 2 aromatic heterocycles. The Hall–Kier alpha value is -2.05. The Morgan fingerprint density at radius 1 is 1.18 bits per heavy atom. The second-order valence-electron chi connectivity index (χ2n) is 3.87. The Morgan fingerprint density at radius 3 is 2.88 bits per heavy atom. The molecule has 0 saturated heterocycles. The van der Waals surface area contributed by atoms with Crippen LogP contribution in [0.15, 0.2) is 48.0 Å². The first-order valence-electron chi connectivity index (χ1n) is 5.39. The molecule has 2 heterocycles. The Kier molecular flexibility index (Phi) is 2.43. The van der Waals surface area contributed by atoms with E-state index in [4.69, 9.17) is 5.26 Å². The highest BCUT2D eigenvalue weighted by atomic mass is 32.1. The van der Waals surface area contributed by atoms with Crippen LogP contribution in [-0.2, 0) is 6.54 Å². The summed E-state index contributed by atoms with van der Waals surface area (Å²) in [6.07, 6.45) is 2.05. The van der Waals surface area contributed by atoms with Crippen LogP contribution in [0.1, 0.15) is 10.4 Å². The van der Waals surface area contributed by atoms with Crippen molar-refractivity contribution < 1.29 is 0 Å². The molecule has 0 bridgehead atoms. The second-order valence-corrected chi connectivity index (χ2v) is 4.91. The van der Waals surface area contributed by atoms with Crippen LogP contribution in [0.5, 0.6) is 0 Å². The van der Waals surface area contributed by atoms with Gasteiger partial charge in [0.2, 0.25) is 0 Å². The fourth-order valence-electron chi connectivity index (χ4n) is 2.03. The first-order chi connectivity index (χ1) is 8.38. The fraction of sp³-hybridized carbons (Fsp3) is 0.0714. The first-order valence-corrected chi connectivity index (χ1v) is 6.27. The largest absolute Gasteiger partial charge is 0.342 e. The van der Waals surface area contributed by atoms with Crippen LogP contribution in [0.2, 0.25) is 0 Å². The summed E-state index contributed by atoms with van der Waals surface area (Å²) in [4.78, 5) is 1.32. The molecule has 0 atom stereocenters. The summed E-state index contributed by atoms with van der Waals surface area (Å²) in [5, 5.41) is 12.2. The molecule has 0 unspecified atom stereocenters. The Balaban J connectivity index is 2.10. The number of benzene rings is 1. The highest BCUT2D eigenvalue weighted by Gasteiger charge is 2.05. The maximum atomic E-state index is 9.04. The smallest absolute Gasteiger partial charge is 0.0998 e. The van der Waals surface area contributed by atoms with Gasteiger partial charge in [-0.3, -0.25) is 0 Å². The maximum Gasteiger partial charge on any atom is 0.0998 e. The van der Waals surface area contributed by atoms with Crippen molar-refractivity contribution in [3.05, 3.63) is 58.4 Å². The van der Waals surface area contributed by atoms with E-state index in [-0.39, 0.29) is 0 Å². The predicted octanol–water partition coefficient (Wildman–Crippen LogP) is 3.62. The number of nitriles is 1. The van der Waals surface area contributed by atoms with Gasteiger partial charge in [0, 0.05) is 22.0 Å². The van der Waals surface area contributed by atoms with Crippen LogP contribution in [0.4, 0.5) is 0 Å². The van der Waals surface area contributed by atoms with Gasteiger partial charge in [0.05, 0.1) is 18.2 Å². The molecule has 1 aromatic carbocycles. The van der Waals surface area contributed by atoms with Gasteiger partial charge in [-0.15, -0.1) is 11.3 Å². The molecule has 0 aliphatic rings. The summed E-state index contributed by atoms with van der Waals surface area (Å²) in [6.45, 7) is 0.871. The number of fused-ring (bicyclic) bond motifs is 1. The molecule has 0 amide bonds. The zero-order valence-corrected chi connectivity index (χ0v) is 9.95. The van der Waals surface area contributed by atoms with E-state index >= 15 is 0 Å². The summed E-state index contributed by atoms with van der Waals surface area (Å²) in [5.41, 5.74) is 1.87. The van der Waals surface area contributed by atoms with Crippen LogP contribution in [-0.4, -0.2) is 4.57 Å². The third-order valence-electron chi connectivity index (χ3n) is 2.84. The van der Waals surface area contributed by atoms with Gasteiger partial charge >= 0.3 is 0 Å². The minimum Gasteiger partial charge on any atom is -0.342 e. The lowest BCUT2D eigenvalue weighted by atomic mass is 10.1. The van der Waals surface area contributed by atoms with Crippen LogP contribution < -0.4 is 0 Å². The van der Waals surface area contributed by atoms with E-state index in [0.29, 0.717) is 0 Å². The molecule has 3 heteroatoms. The summed E-state index contributed by atoms with van der Waals surface area (Å²) < 4.78 is 2.18. The van der Waals surface area contributed by atoms with Crippen molar-refractivity contribution in [2.45, 2.75) is 6.54 Å². The van der Waals surface area contributed by atoms with Crippen molar-refractivity contribution in [2.24, 2.45) is 0 Å². The van der Waals surface area contributed by atoms with E-state index in [1.807, 2.05) is 24.4 Å². The van der Waals surface area contributed by atoms with E-state index < -0.39 is 0 Å². The van der Waals surface area contributed by atoms with Crippen LogP contribution in [0, 0.1) is 11.3 Å². The lowest BCUT2D eigenvalue weighted by molar-refractivity contribution is 0.851. The first kappa shape index (κ1) is 10.1. The summed E-state index contributed by atoms with van der Waals surface area (Å²) in [5.74, 6) is 0. The Morgan fingerprint density at radius 2 is 2.12 bits per heavy atom. The van der Waals surface area contributed by atoms with Gasteiger partial charge in [-0.25, -0.2) is 0 Å². The highest BCUT2D eigenvalue weighted by Crippen LogP contribution is 2.21. The monoisotopic (exact) mass is 238 g/mol. The van der Waals surface area contributed by atoms with Gasteiger partial charge in [0.25, 0.3) is 0 Å². The van der Waals surface area contributed by atoms with E-state index in [9.17, 15) is 0 Å². The molecule has 0 aliphatic heterocycles. The Bertz CT molecular complexity index is 687. The number of nitrogens with zero attached hydrogens (tertiary/aromatic N) is 2. The molecule has 2 nitrogen and oxygen atoms in total. The zero-order chi connectivity index (χ0) is 11.7. The van der Waals surface area contributed by atoms with Crippen LogP contribution >= 0.6 is 11.3 Å². The zero-order valence-electron chi connectivity index (χ0n) is 9.13. The second kappa shape index (κ2) is 4.08. The van der Waals surface area contributed by atoms with E-state index in [1.54, 1.807) is 11.3 Å². The molecule has 0 N–H and O–H groups in total. The predicted molar refractivity (Wildman–Crippen MR) is 70.1 cm³/mol. The molecule has 0 fully saturated rings. The summed E-state index contributed by atoms with van der Waals surface area (Å²) in [6, 6.07) is 14.3. The molecule has 3 aromatic rings. The summed E-state index contributed by atoms with van der Waals surface area (Å²) >= 11 is 1.75. The molecular weight excluding hydrogens is 228 g/mol. The standard InChI is InChI=1S/C14H10N2S/c15-9-11-3-1-5-14-13(11)6-7-16(14)10-12-4-2-8-17-12/h1-8H,10H2. The Labute approximate surface area is 103 Å². The third-order valence-corrected chi connectivity index (χ3v) is 3.70. The maximum absolute atomic E-state index is 9.04. The van der Waals surface area contributed by atoms with Crippen LogP contribution in [0.25, 0.3) is 10.9 Å². The van der Waals surface area contributed by atoms with Crippen molar-refractivity contribution in [1.29, 1.82) is 5.26 Å². The lowest BCUT2D eigenvalue weighted by Gasteiger charge is -2.03. The van der Waals surface area contributed by atoms with Crippen molar-refractivity contribution in [3.63, 3.8) is 0 Å². The van der Waals surface area contributed by atoms with Crippen molar-refractivity contribution in [1.82, 2.24) is 4.57 Å². The summed E-state index contributed by atoms with van der Waals surface area (Å²) in [7, 11) is 0. The SMILES string of the molecule is N#Cc1cccc2c1ccn2Cc1cccs1. The topological polar surface area (TPSA) is 28.7 Å². The molecule has 0 radical (unpaired) electrons. The number of aromatic nitrogens is 1. The van der Waals surface area contributed by atoms with Gasteiger partial charge in [-0.05, 0) is 29.6 Å². The van der Waals surface area contributed by atoms with E-state index in [0.717, 1.165) is 23.0 Å². The van der Waals surface area contributed by atoms with E-state index in [2.05, 4.69) is 34.2 Å². The molecule has 0 saturated carbocycles. The van der Waals surface area contributed by atoms with Crippen molar-refractivity contribution in [2.75, 3.05) is 0 Å². The molecule has 3 rings (SSSR count). The van der Waals surface area contributed by atoms with Gasteiger partial charge in [-0.2, -0.15) is 5.26 Å². The molecule has 17 heavy (non-hydrogen) atoms. The van der Waals surface area contributed by atoms with Gasteiger partial charge in [0.1, 0.15) is 0 Å². The molecule has 0 aliphatic carbocycles. The van der Waals surface area contributed by atoms with E-state index in [1.165, 1.54) is 4.88 Å². The number of thiophene rings is 1. The number of hydrogen-bond acceptors (Lipinski definition) is 2. The quantitative estimate of drug-likeness (QED) is 0.670. The fourth-order valence-corrected chi connectivity index (χ4v) is 2.73. The average Bonchev–Trinajstić information content (AvgIpc) is 2.99. The minimum atomic E-state index is 0.743. The number of hydrogen-bond donors (Lipinski definition) is 0. The normalized spacial score (nSPS) is 10.5. The molecular formula is C14H10N2S. The average molecular weight is 238 g/mol. The minimum absolute atomic E-state index is 0.743. The highest BCUT2D eigenvalue weighted by molar-refractivity contribution is 7.09. The lowest BCUT2D eigenvalue weighted by Crippen LogP contribution is -1.95. The molecule has 0 spiro atoms. The van der Waals surface area contributed by atoms with Gasteiger partial charge < -0.3 is 4.57 Å². The van der Waals surface area contributed by atoms with Gasteiger partial charge in [-0.1, -0.05) is 12.1 Å². The number of rotatable bonds is 2. The van der Waals surface area contributed by atoms with Crippen molar-refractivity contribution >= 4 is 22.2 Å². The molecule has 82 valence electrons. The van der Waals surface area contributed by atoms with Crippen molar-refractivity contribution in [3.8, 4) is 6.07 Å². The van der Waals surface area contributed by atoms with Crippen LogP contribution in [0.3, 0.4) is 0 Å².